The van der Waals surface area contributed by atoms with Gasteiger partial charge in [0.25, 0.3) is 0 Å². The van der Waals surface area contributed by atoms with Crippen molar-refractivity contribution in [3.05, 3.63) is 11.9 Å². The molecule has 0 unspecified atom stereocenters. The van der Waals surface area contributed by atoms with Crippen molar-refractivity contribution in [3.8, 4) is 5.75 Å². The zero-order chi connectivity index (χ0) is 12.5. The molecule has 1 aromatic heterocycles. The van der Waals surface area contributed by atoms with Gasteiger partial charge in [0.1, 0.15) is 11.3 Å². The van der Waals surface area contributed by atoms with Crippen molar-refractivity contribution in [3.63, 3.8) is 0 Å². The Kier molecular flexibility index (Phi) is 3.43. The molecule has 4 nitrogen and oxygen atoms in total. The minimum atomic E-state index is -0.762. The van der Waals surface area contributed by atoms with Gasteiger partial charge in [0.2, 0.25) is 0 Å². The summed E-state index contributed by atoms with van der Waals surface area (Å²) in [5, 5.41) is 15.0. The Hall–Kier alpha value is -1.03. The first-order valence-corrected chi connectivity index (χ1v) is 6.39. The molecule has 4 heteroatoms. The average molecular weight is 238 g/mol. The van der Waals surface area contributed by atoms with E-state index in [0.717, 1.165) is 37.3 Å². The summed E-state index contributed by atoms with van der Waals surface area (Å²) in [6.07, 6.45) is 6.67. The second-order valence-corrected chi connectivity index (χ2v) is 5.07. The van der Waals surface area contributed by atoms with Crippen LogP contribution in [0.2, 0.25) is 0 Å². The van der Waals surface area contributed by atoms with Crippen LogP contribution in [-0.4, -0.2) is 22.0 Å². The average Bonchev–Trinajstić information content (AvgIpc) is 2.72. The van der Waals surface area contributed by atoms with Gasteiger partial charge < -0.3 is 9.84 Å². The Morgan fingerprint density at radius 1 is 1.53 bits per heavy atom. The van der Waals surface area contributed by atoms with Gasteiger partial charge in [-0.1, -0.05) is 13.3 Å². The Bertz CT molecular complexity index is 379. The summed E-state index contributed by atoms with van der Waals surface area (Å²) in [6, 6.07) is 0. The fourth-order valence-corrected chi connectivity index (χ4v) is 2.90. The molecule has 1 heterocycles. The van der Waals surface area contributed by atoms with E-state index >= 15 is 0 Å². The molecule has 0 bridgehead atoms. The number of hydrogen-bond donors (Lipinski definition) is 1. The van der Waals surface area contributed by atoms with Crippen LogP contribution < -0.4 is 4.74 Å². The second kappa shape index (κ2) is 4.69. The zero-order valence-electron chi connectivity index (χ0n) is 10.9. The normalized spacial score (nSPS) is 29.3. The molecule has 0 aromatic carbocycles. The standard InChI is InChI=1S/C13H22N2O2/c1-4-10-5-7-13(16,8-6-10)12-11(17-3)9-14-15(12)2/h9-10,16H,4-8H2,1-3H3. The lowest BCUT2D eigenvalue weighted by Gasteiger charge is -2.36. The first-order valence-electron chi connectivity index (χ1n) is 6.39. The highest BCUT2D eigenvalue weighted by atomic mass is 16.5. The molecule has 0 radical (unpaired) electrons. The fourth-order valence-electron chi connectivity index (χ4n) is 2.90. The van der Waals surface area contributed by atoms with E-state index in [2.05, 4.69) is 12.0 Å². The summed E-state index contributed by atoms with van der Waals surface area (Å²) >= 11 is 0. The summed E-state index contributed by atoms with van der Waals surface area (Å²) in [7, 11) is 3.49. The lowest BCUT2D eigenvalue weighted by Crippen LogP contribution is -2.33. The molecular weight excluding hydrogens is 216 g/mol. The molecule has 1 N–H and O–H groups in total. The molecule has 0 atom stereocenters. The maximum absolute atomic E-state index is 10.8. The van der Waals surface area contributed by atoms with Crippen LogP contribution in [0.25, 0.3) is 0 Å². The number of aryl methyl sites for hydroxylation is 1. The van der Waals surface area contributed by atoms with Crippen LogP contribution in [0.5, 0.6) is 5.75 Å². The van der Waals surface area contributed by atoms with Crippen LogP contribution in [0.1, 0.15) is 44.7 Å². The molecule has 1 aromatic rings. The largest absolute Gasteiger partial charge is 0.493 e. The fraction of sp³-hybridized carbons (Fsp3) is 0.769. The molecule has 1 aliphatic carbocycles. The molecule has 0 amide bonds. The third-order valence-electron chi connectivity index (χ3n) is 4.08. The monoisotopic (exact) mass is 238 g/mol. The van der Waals surface area contributed by atoms with Gasteiger partial charge in [0.05, 0.1) is 13.3 Å². The third-order valence-corrected chi connectivity index (χ3v) is 4.08. The number of aromatic nitrogens is 2. The molecule has 1 fully saturated rings. The van der Waals surface area contributed by atoms with Gasteiger partial charge in [-0.3, -0.25) is 4.68 Å². The van der Waals surface area contributed by atoms with Crippen molar-refractivity contribution in [2.24, 2.45) is 13.0 Å². The summed E-state index contributed by atoms with van der Waals surface area (Å²) in [5.74, 6) is 1.46. The lowest BCUT2D eigenvalue weighted by atomic mass is 9.76. The van der Waals surface area contributed by atoms with Gasteiger partial charge in [-0.05, 0) is 31.6 Å². The summed E-state index contributed by atoms with van der Waals surface area (Å²) in [6.45, 7) is 2.22. The van der Waals surface area contributed by atoms with Crippen molar-refractivity contribution < 1.29 is 9.84 Å². The number of methoxy groups -OCH3 is 1. The maximum atomic E-state index is 10.8. The van der Waals surface area contributed by atoms with Crippen LogP contribution in [0.3, 0.4) is 0 Å². The molecule has 1 aliphatic rings. The van der Waals surface area contributed by atoms with Crippen molar-refractivity contribution >= 4 is 0 Å². The SMILES string of the molecule is CCC1CCC(O)(c2c(OC)cnn2C)CC1. The predicted octanol–water partition coefficient (Wildman–Crippen LogP) is 2.22. The van der Waals surface area contributed by atoms with Crippen molar-refractivity contribution in [1.29, 1.82) is 0 Å². The maximum Gasteiger partial charge on any atom is 0.162 e. The van der Waals surface area contributed by atoms with Gasteiger partial charge >= 0.3 is 0 Å². The first kappa shape index (κ1) is 12.4. The van der Waals surface area contributed by atoms with E-state index in [-0.39, 0.29) is 0 Å². The van der Waals surface area contributed by atoms with Gasteiger partial charge in [-0.25, -0.2) is 0 Å². The van der Waals surface area contributed by atoms with Gasteiger partial charge in [-0.15, -0.1) is 0 Å². The number of nitrogens with zero attached hydrogens (tertiary/aromatic N) is 2. The number of aliphatic hydroxyl groups is 1. The molecule has 0 saturated heterocycles. The highest BCUT2D eigenvalue weighted by Gasteiger charge is 2.39. The zero-order valence-corrected chi connectivity index (χ0v) is 10.9. The van der Waals surface area contributed by atoms with Crippen LogP contribution in [0, 0.1) is 5.92 Å². The van der Waals surface area contributed by atoms with Gasteiger partial charge in [0.15, 0.2) is 5.75 Å². The van der Waals surface area contributed by atoms with Crippen LogP contribution in [0.4, 0.5) is 0 Å². The Labute approximate surface area is 103 Å². The van der Waals surface area contributed by atoms with E-state index < -0.39 is 5.60 Å². The van der Waals surface area contributed by atoms with Gasteiger partial charge in [0, 0.05) is 7.05 Å². The predicted molar refractivity (Wildman–Crippen MR) is 65.9 cm³/mol. The number of hydrogen-bond acceptors (Lipinski definition) is 3. The molecule has 1 saturated carbocycles. The van der Waals surface area contributed by atoms with E-state index in [4.69, 9.17) is 4.74 Å². The van der Waals surface area contributed by atoms with E-state index in [0.29, 0.717) is 5.75 Å². The van der Waals surface area contributed by atoms with E-state index in [9.17, 15) is 5.11 Å². The molecule has 96 valence electrons. The summed E-state index contributed by atoms with van der Waals surface area (Å²) in [4.78, 5) is 0. The van der Waals surface area contributed by atoms with E-state index in [1.807, 2.05) is 7.05 Å². The highest BCUT2D eigenvalue weighted by molar-refractivity contribution is 5.31. The Balaban J connectivity index is 2.24. The smallest absolute Gasteiger partial charge is 0.162 e. The topological polar surface area (TPSA) is 47.3 Å². The second-order valence-electron chi connectivity index (χ2n) is 5.07. The van der Waals surface area contributed by atoms with Crippen molar-refractivity contribution in [2.45, 2.75) is 44.6 Å². The quantitative estimate of drug-likeness (QED) is 0.878. The molecule has 0 aliphatic heterocycles. The molecule has 17 heavy (non-hydrogen) atoms. The highest BCUT2D eigenvalue weighted by Crippen LogP contribution is 2.43. The van der Waals surface area contributed by atoms with Crippen LogP contribution in [0.15, 0.2) is 6.20 Å². The first-order chi connectivity index (χ1) is 8.10. The lowest BCUT2D eigenvalue weighted by molar-refractivity contribution is -0.0230. The number of rotatable bonds is 3. The molecule has 0 spiro atoms. The minimum absolute atomic E-state index is 0.699. The summed E-state index contributed by atoms with van der Waals surface area (Å²) in [5.41, 5.74) is 0.0666. The third kappa shape index (κ3) is 2.18. The minimum Gasteiger partial charge on any atom is -0.493 e. The Morgan fingerprint density at radius 2 is 2.18 bits per heavy atom. The van der Waals surface area contributed by atoms with E-state index in [1.165, 1.54) is 6.42 Å². The van der Waals surface area contributed by atoms with Crippen molar-refractivity contribution in [1.82, 2.24) is 9.78 Å². The van der Waals surface area contributed by atoms with Crippen LogP contribution in [-0.2, 0) is 12.6 Å². The van der Waals surface area contributed by atoms with E-state index in [1.54, 1.807) is 18.0 Å². The molecule has 2 rings (SSSR count). The number of ether oxygens (including phenoxy) is 1. The summed E-state index contributed by atoms with van der Waals surface area (Å²) < 4.78 is 7.04. The Morgan fingerprint density at radius 3 is 2.71 bits per heavy atom. The molecular formula is C13H22N2O2. The van der Waals surface area contributed by atoms with Gasteiger partial charge in [-0.2, -0.15) is 5.10 Å². The van der Waals surface area contributed by atoms with Crippen LogP contribution >= 0.6 is 0 Å². The van der Waals surface area contributed by atoms with Crippen molar-refractivity contribution in [2.75, 3.05) is 7.11 Å².